The van der Waals surface area contributed by atoms with Crippen molar-refractivity contribution in [1.29, 1.82) is 0 Å². The van der Waals surface area contributed by atoms with Crippen LogP contribution in [0.25, 0.3) is 5.69 Å². The third-order valence-electron chi connectivity index (χ3n) is 4.32. The Morgan fingerprint density at radius 1 is 1.30 bits per heavy atom. The average Bonchev–Trinajstić information content (AvgIpc) is 3.24. The number of ketones is 1. The first-order valence-electron chi connectivity index (χ1n) is 8.18. The summed E-state index contributed by atoms with van der Waals surface area (Å²) in [6.45, 7) is 1.80. The lowest BCUT2D eigenvalue weighted by Gasteiger charge is -2.06. The van der Waals surface area contributed by atoms with Crippen LogP contribution in [0.1, 0.15) is 28.8 Å². The molecule has 136 valence electrons. The predicted octanol–water partition coefficient (Wildman–Crippen LogP) is 2.83. The molecular weight excluding hydrogens is 369 g/mol. The molecule has 0 unspecified atom stereocenters. The maximum Gasteiger partial charge on any atom is 0.231 e. The van der Waals surface area contributed by atoms with Crippen molar-refractivity contribution in [3.05, 3.63) is 59.4 Å². The van der Waals surface area contributed by atoms with Crippen LogP contribution in [0.15, 0.2) is 47.6 Å². The second-order valence-corrected chi connectivity index (χ2v) is 7.02. The average molecular weight is 383 g/mol. The standard InChI is InChI=1S/C18H14FN5O2S/c1-10-14-7-11(5-6-15(14)20-17(10)26)16(25)9-27-18-21-22-23-24(18)13-4-2-3-12(19)8-13/h2-8,10H,9H2,1H3,(H,20,26)/t10-/m0/s1. The second kappa shape index (κ2) is 6.92. The van der Waals surface area contributed by atoms with Gasteiger partial charge in [0, 0.05) is 11.3 Å². The van der Waals surface area contributed by atoms with E-state index in [1.165, 1.54) is 16.8 Å². The number of halogens is 1. The lowest BCUT2D eigenvalue weighted by Crippen LogP contribution is -2.08. The fourth-order valence-corrected chi connectivity index (χ4v) is 3.63. The number of hydrogen-bond donors (Lipinski definition) is 1. The molecule has 7 nitrogen and oxygen atoms in total. The van der Waals surface area contributed by atoms with Gasteiger partial charge in [0.2, 0.25) is 11.1 Å². The lowest BCUT2D eigenvalue weighted by molar-refractivity contribution is -0.116. The number of nitrogens with one attached hydrogen (secondary N) is 1. The molecule has 9 heteroatoms. The maximum absolute atomic E-state index is 13.4. The number of aromatic nitrogens is 4. The van der Waals surface area contributed by atoms with Crippen molar-refractivity contribution in [2.75, 3.05) is 11.1 Å². The van der Waals surface area contributed by atoms with E-state index < -0.39 is 5.82 Å². The van der Waals surface area contributed by atoms with E-state index in [1.54, 1.807) is 37.3 Å². The monoisotopic (exact) mass is 383 g/mol. The molecule has 2 aromatic carbocycles. The molecule has 2 heterocycles. The highest BCUT2D eigenvalue weighted by molar-refractivity contribution is 7.99. The van der Waals surface area contributed by atoms with Gasteiger partial charge < -0.3 is 5.32 Å². The van der Waals surface area contributed by atoms with E-state index in [1.807, 2.05) is 0 Å². The van der Waals surface area contributed by atoms with Crippen LogP contribution >= 0.6 is 11.8 Å². The molecule has 27 heavy (non-hydrogen) atoms. The number of rotatable bonds is 5. The van der Waals surface area contributed by atoms with Crippen LogP contribution in [0, 0.1) is 5.82 Å². The summed E-state index contributed by atoms with van der Waals surface area (Å²) in [4.78, 5) is 24.3. The van der Waals surface area contributed by atoms with E-state index in [-0.39, 0.29) is 23.4 Å². The maximum atomic E-state index is 13.4. The van der Waals surface area contributed by atoms with Gasteiger partial charge in [0.15, 0.2) is 5.78 Å². The molecule has 0 radical (unpaired) electrons. The SMILES string of the molecule is C[C@@H]1C(=O)Nc2ccc(C(=O)CSc3nnnn3-c3cccc(F)c3)cc21. The van der Waals surface area contributed by atoms with Crippen molar-refractivity contribution in [3.63, 3.8) is 0 Å². The summed E-state index contributed by atoms with van der Waals surface area (Å²) < 4.78 is 14.8. The minimum absolute atomic E-state index is 0.0711. The van der Waals surface area contributed by atoms with Crippen molar-refractivity contribution in [2.45, 2.75) is 18.0 Å². The third kappa shape index (κ3) is 3.33. The molecule has 0 spiro atoms. The first-order chi connectivity index (χ1) is 13.0. The number of fused-ring (bicyclic) bond motifs is 1. The minimum Gasteiger partial charge on any atom is -0.325 e. The van der Waals surface area contributed by atoms with Crippen LogP contribution < -0.4 is 5.32 Å². The zero-order valence-corrected chi connectivity index (χ0v) is 15.0. The Kier molecular flexibility index (Phi) is 4.44. The van der Waals surface area contributed by atoms with Gasteiger partial charge in [0.25, 0.3) is 0 Å². The molecule has 1 aliphatic rings. The molecule has 3 aromatic rings. The third-order valence-corrected chi connectivity index (χ3v) is 5.24. The number of anilines is 1. The van der Waals surface area contributed by atoms with E-state index >= 15 is 0 Å². The molecule has 1 aliphatic heterocycles. The van der Waals surface area contributed by atoms with E-state index in [9.17, 15) is 14.0 Å². The van der Waals surface area contributed by atoms with Gasteiger partial charge in [-0.3, -0.25) is 9.59 Å². The summed E-state index contributed by atoms with van der Waals surface area (Å²) >= 11 is 1.16. The Hall–Kier alpha value is -3.07. The van der Waals surface area contributed by atoms with Gasteiger partial charge in [0.1, 0.15) is 5.82 Å². The van der Waals surface area contributed by atoms with Crippen molar-refractivity contribution in [1.82, 2.24) is 20.2 Å². The number of thioether (sulfide) groups is 1. The first kappa shape index (κ1) is 17.3. The molecule has 0 bridgehead atoms. The van der Waals surface area contributed by atoms with Gasteiger partial charge in [-0.1, -0.05) is 17.8 Å². The molecule has 1 N–H and O–H groups in total. The van der Waals surface area contributed by atoms with Crippen molar-refractivity contribution in [3.8, 4) is 5.69 Å². The normalized spacial score (nSPS) is 15.5. The van der Waals surface area contributed by atoms with Gasteiger partial charge in [-0.15, -0.1) is 5.10 Å². The zero-order chi connectivity index (χ0) is 19.0. The summed E-state index contributed by atoms with van der Waals surface area (Å²) in [5.74, 6) is -0.739. The summed E-state index contributed by atoms with van der Waals surface area (Å²) in [7, 11) is 0. The van der Waals surface area contributed by atoms with Crippen LogP contribution in [0.3, 0.4) is 0 Å². The summed E-state index contributed by atoms with van der Waals surface area (Å²) in [5.41, 5.74) is 2.56. The smallest absolute Gasteiger partial charge is 0.231 e. The van der Waals surface area contributed by atoms with Crippen LogP contribution in [0.4, 0.5) is 10.1 Å². The second-order valence-electron chi connectivity index (χ2n) is 6.08. The molecule has 1 aromatic heterocycles. The minimum atomic E-state index is -0.398. The van der Waals surface area contributed by atoms with Gasteiger partial charge in [-0.2, -0.15) is 4.68 Å². The number of carbonyl (C=O) groups is 2. The summed E-state index contributed by atoms with van der Waals surface area (Å²) in [6.07, 6.45) is 0. The van der Waals surface area contributed by atoms with Gasteiger partial charge in [-0.05, 0) is 59.3 Å². The highest BCUT2D eigenvalue weighted by Gasteiger charge is 2.27. The number of benzene rings is 2. The Morgan fingerprint density at radius 3 is 2.96 bits per heavy atom. The molecule has 0 saturated heterocycles. The van der Waals surface area contributed by atoms with E-state index in [0.29, 0.717) is 16.4 Å². The van der Waals surface area contributed by atoms with Crippen LogP contribution in [0.5, 0.6) is 0 Å². The summed E-state index contributed by atoms with van der Waals surface area (Å²) in [5, 5.41) is 14.5. The van der Waals surface area contributed by atoms with Crippen molar-refractivity contribution >= 4 is 29.1 Å². The molecule has 4 rings (SSSR count). The quantitative estimate of drug-likeness (QED) is 0.538. The molecule has 0 aliphatic carbocycles. The van der Waals surface area contributed by atoms with Crippen LogP contribution in [0.2, 0.25) is 0 Å². The number of Topliss-reactive ketones (excluding diaryl/α,β-unsaturated/α-hetero) is 1. The zero-order valence-electron chi connectivity index (χ0n) is 14.2. The highest BCUT2D eigenvalue weighted by Crippen LogP contribution is 2.33. The Balaban J connectivity index is 1.50. The number of amides is 1. The molecule has 1 atom stereocenters. The topological polar surface area (TPSA) is 89.8 Å². The van der Waals surface area contributed by atoms with Gasteiger partial charge in [0.05, 0.1) is 17.4 Å². The Labute approximate surface area is 158 Å². The number of nitrogens with zero attached hydrogens (tertiary/aromatic N) is 4. The molecule has 1 amide bonds. The number of hydrogen-bond acceptors (Lipinski definition) is 6. The van der Waals surface area contributed by atoms with Crippen LogP contribution in [-0.4, -0.2) is 37.7 Å². The molecule has 0 saturated carbocycles. The van der Waals surface area contributed by atoms with Gasteiger partial charge >= 0.3 is 0 Å². The first-order valence-corrected chi connectivity index (χ1v) is 9.16. The summed E-state index contributed by atoms with van der Waals surface area (Å²) in [6, 6.07) is 11.1. The fraction of sp³-hybridized carbons (Fsp3) is 0.167. The Morgan fingerprint density at radius 2 is 2.15 bits per heavy atom. The number of carbonyl (C=O) groups excluding carboxylic acids is 2. The van der Waals surface area contributed by atoms with E-state index in [4.69, 9.17) is 0 Å². The lowest BCUT2D eigenvalue weighted by atomic mass is 9.99. The number of tetrazole rings is 1. The fourth-order valence-electron chi connectivity index (χ4n) is 2.84. The predicted molar refractivity (Wildman–Crippen MR) is 97.7 cm³/mol. The van der Waals surface area contributed by atoms with E-state index in [2.05, 4.69) is 20.8 Å². The molecular formula is C18H14FN5O2S. The van der Waals surface area contributed by atoms with E-state index in [0.717, 1.165) is 23.0 Å². The van der Waals surface area contributed by atoms with Crippen LogP contribution in [-0.2, 0) is 4.79 Å². The van der Waals surface area contributed by atoms with Crippen molar-refractivity contribution < 1.29 is 14.0 Å². The molecule has 0 fully saturated rings. The van der Waals surface area contributed by atoms with Crippen molar-refractivity contribution in [2.24, 2.45) is 0 Å². The Bertz CT molecular complexity index is 1050. The largest absolute Gasteiger partial charge is 0.325 e. The van der Waals surface area contributed by atoms with Gasteiger partial charge in [-0.25, -0.2) is 4.39 Å². The highest BCUT2D eigenvalue weighted by atomic mass is 32.2.